The highest BCUT2D eigenvalue weighted by Gasteiger charge is 2.36. The predicted molar refractivity (Wildman–Crippen MR) is 234 cm³/mol. The summed E-state index contributed by atoms with van der Waals surface area (Å²) in [4.78, 5) is 77.4. The fraction of sp³-hybridized carbons (Fsp3) is 0.476. The second kappa shape index (κ2) is 23.1. The van der Waals surface area contributed by atoms with Gasteiger partial charge in [0.15, 0.2) is 0 Å². The number of unbranched alkanes of at least 4 members (excludes halogenated alkanes) is 1. The predicted octanol–water partition coefficient (Wildman–Crippen LogP) is 0.399. The number of aromatic amines is 2. The van der Waals surface area contributed by atoms with Gasteiger partial charge in [0, 0.05) is 48.4 Å². The maximum Gasteiger partial charge on any atom is 0.297 e. The Morgan fingerprint density at radius 3 is 2.21 bits per heavy atom. The molecule has 2 aromatic carbocycles. The molecule has 21 heteroatoms. The molecule has 4 aromatic rings. The van der Waals surface area contributed by atoms with E-state index in [0.717, 1.165) is 10.9 Å². The van der Waals surface area contributed by atoms with Crippen molar-refractivity contribution in [1.82, 2.24) is 45.5 Å². The van der Waals surface area contributed by atoms with E-state index in [9.17, 15) is 36.8 Å². The molecule has 0 aliphatic heterocycles. The summed E-state index contributed by atoms with van der Waals surface area (Å²) in [6.45, 7) is 1.41. The summed E-state index contributed by atoms with van der Waals surface area (Å²) in [6, 6.07) is 9.71. The smallest absolute Gasteiger partial charge is 0.297 e. The molecule has 0 radical (unpaired) electrons. The zero-order valence-electron chi connectivity index (χ0n) is 35.2. The lowest BCUT2D eigenvalue weighted by Crippen LogP contribution is -2.61. The summed E-state index contributed by atoms with van der Waals surface area (Å²) in [5, 5.41) is 8.69. The number of benzene rings is 2. The number of aromatic nitrogens is 3. The van der Waals surface area contributed by atoms with Gasteiger partial charge in [-0.3, -0.25) is 29.4 Å². The van der Waals surface area contributed by atoms with Gasteiger partial charge < -0.3 is 43.1 Å². The Balaban J connectivity index is 1.35. The second-order valence-corrected chi connectivity index (χ2v) is 17.6. The zero-order chi connectivity index (χ0) is 45.5. The maximum absolute atomic E-state index is 14.4. The van der Waals surface area contributed by atoms with Crippen LogP contribution in [0.1, 0.15) is 68.7 Å². The quantitative estimate of drug-likeness (QED) is 0.0341. The number of carbonyl (C=O) groups is 5. The molecule has 1 aliphatic rings. The lowest BCUT2D eigenvalue weighted by Gasteiger charge is -2.32. The van der Waals surface area contributed by atoms with E-state index >= 15 is 0 Å². The summed E-state index contributed by atoms with van der Waals surface area (Å²) in [7, 11) is -4.78. The van der Waals surface area contributed by atoms with E-state index in [2.05, 4.69) is 41.1 Å². The third-order valence-electron chi connectivity index (χ3n) is 11.0. The van der Waals surface area contributed by atoms with E-state index in [-0.39, 0.29) is 51.0 Å². The Bertz CT molecular complexity index is 2240. The molecule has 1 saturated carbocycles. The number of alkyl halides is 1. The number of amides is 5. The minimum Gasteiger partial charge on any atom is -0.368 e. The standard InChI is InChI=1S/C42H59FN12O7S/c1-26(50-41(59)36(20-29-22-48-34-12-6-5-11-32(29)34)52-40(58)33(45)21-31-23-47-25-49-31)39(57)53-55(24-28-14-16-30(43)17-15-28)63(61,62)54-37(19-27-9-3-2-4-10-27)42(60)51-35(38(46)56)13-7-8-18-44/h2-6,9-12,22-23,25-26,28,30,33,35-37,48,54H,7-8,13-21,24,44-45H2,1H3,(H2,46,56)(H,47,49)(H,50,59)(H,51,60)(H,52,58)(H,53,57)/t26-,28?,30?,33-,35-,36+,37+/m0/s1. The molecule has 19 nitrogen and oxygen atoms in total. The highest BCUT2D eigenvalue weighted by molar-refractivity contribution is 7.87. The molecule has 2 aromatic heterocycles. The van der Waals surface area contributed by atoms with Gasteiger partial charge in [0.25, 0.3) is 16.1 Å². The third-order valence-corrected chi connectivity index (χ3v) is 12.4. The van der Waals surface area contributed by atoms with Gasteiger partial charge in [-0.2, -0.15) is 13.1 Å². The maximum atomic E-state index is 14.4. The lowest BCUT2D eigenvalue weighted by atomic mass is 9.88. The van der Waals surface area contributed by atoms with E-state index in [1.54, 1.807) is 36.5 Å². The highest BCUT2D eigenvalue weighted by atomic mass is 32.2. The summed E-state index contributed by atoms with van der Waals surface area (Å²) in [5.74, 6) is -4.36. The molecule has 1 aliphatic carbocycles. The van der Waals surface area contributed by atoms with Crippen LogP contribution in [-0.4, -0.2) is 107 Å². The van der Waals surface area contributed by atoms with Crippen molar-refractivity contribution in [2.24, 2.45) is 23.1 Å². The van der Waals surface area contributed by atoms with Crippen LogP contribution in [0.5, 0.6) is 0 Å². The molecule has 2 heterocycles. The second-order valence-electron chi connectivity index (χ2n) is 16.0. The first-order valence-electron chi connectivity index (χ1n) is 21.1. The molecule has 342 valence electrons. The van der Waals surface area contributed by atoms with Crippen molar-refractivity contribution < 1.29 is 36.8 Å². The van der Waals surface area contributed by atoms with Gasteiger partial charge in [0.2, 0.25) is 23.6 Å². The molecule has 5 rings (SSSR count). The van der Waals surface area contributed by atoms with Crippen molar-refractivity contribution in [3.05, 3.63) is 90.1 Å². The third kappa shape index (κ3) is 14.4. The number of rotatable bonds is 24. The Hall–Kier alpha value is -5.74. The van der Waals surface area contributed by atoms with Crippen LogP contribution >= 0.6 is 0 Å². The van der Waals surface area contributed by atoms with Crippen molar-refractivity contribution in [2.75, 3.05) is 13.1 Å². The number of primary amides is 1. The van der Waals surface area contributed by atoms with Gasteiger partial charge in [-0.25, -0.2) is 9.37 Å². The number of nitrogens with two attached hydrogens (primary N) is 3. The molecule has 0 saturated heterocycles. The molecule has 0 spiro atoms. The van der Waals surface area contributed by atoms with Gasteiger partial charge in [-0.1, -0.05) is 48.5 Å². The van der Waals surface area contributed by atoms with Gasteiger partial charge in [-0.05, 0) is 87.9 Å². The first-order valence-corrected chi connectivity index (χ1v) is 22.5. The molecule has 5 atom stereocenters. The highest BCUT2D eigenvalue weighted by Crippen LogP contribution is 2.27. The van der Waals surface area contributed by atoms with E-state index in [0.29, 0.717) is 53.5 Å². The van der Waals surface area contributed by atoms with Crippen molar-refractivity contribution in [3.63, 3.8) is 0 Å². The molecule has 1 fully saturated rings. The Labute approximate surface area is 365 Å². The van der Waals surface area contributed by atoms with Crippen molar-refractivity contribution in [2.45, 2.75) is 108 Å². The van der Waals surface area contributed by atoms with E-state index in [1.807, 2.05) is 24.3 Å². The Kier molecular flexibility index (Phi) is 17.7. The number of halogens is 1. The van der Waals surface area contributed by atoms with Crippen LogP contribution in [0.2, 0.25) is 0 Å². The average molecular weight is 895 g/mol. The van der Waals surface area contributed by atoms with Gasteiger partial charge in [0.05, 0.1) is 12.4 Å². The van der Waals surface area contributed by atoms with Gasteiger partial charge >= 0.3 is 0 Å². The topological polar surface area (TPSA) is 305 Å². The molecular weight excluding hydrogens is 836 g/mol. The number of fused-ring (bicyclic) bond motifs is 1. The van der Waals surface area contributed by atoms with Crippen LogP contribution in [-0.2, 0) is 53.4 Å². The van der Waals surface area contributed by atoms with Crippen molar-refractivity contribution in [3.8, 4) is 0 Å². The number of hydrogen-bond acceptors (Lipinski definition) is 10. The van der Waals surface area contributed by atoms with E-state index in [4.69, 9.17) is 17.2 Å². The van der Waals surface area contributed by atoms with Gasteiger partial charge in [0.1, 0.15) is 30.3 Å². The number of hydrogen-bond donors (Lipinski definition) is 10. The molecule has 13 N–H and O–H groups in total. The fourth-order valence-corrected chi connectivity index (χ4v) is 8.70. The molecule has 0 unspecified atom stereocenters. The van der Waals surface area contributed by atoms with Crippen LogP contribution in [0.25, 0.3) is 10.9 Å². The van der Waals surface area contributed by atoms with Crippen LogP contribution in [0.4, 0.5) is 4.39 Å². The molecular formula is C42H59FN12O7S. The number of carbonyl (C=O) groups excluding carboxylic acids is 5. The molecule has 63 heavy (non-hydrogen) atoms. The minimum atomic E-state index is -4.78. The van der Waals surface area contributed by atoms with Crippen molar-refractivity contribution >= 4 is 50.6 Å². The molecule has 5 amide bonds. The first-order chi connectivity index (χ1) is 30.1. The Morgan fingerprint density at radius 2 is 1.52 bits per heavy atom. The summed E-state index contributed by atoms with van der Waals surface area (Å²) in [6.07, 6.45) is 5.86. The normalized spacial score (nSPS) is 17.9. The zero-order valence-corrected chi connectivity index (χ0v) is 36.0. The van der Waals surface area contributed by atoms with Crippen molar-refractivity contribution in [1.29, 1.82) is 0 Å². The van der Waals surface area contributed by atoms with E-state index in [1.165, 1.54) is 19.4 Å². The summed E-state index contributed by atoms with van der Waals surface area (Å²) in [5.41, 5.74) is 22.5. The number of nitrogens with zero attached hydrogens (tertiary/aromatic N) is 2. The van der Waals surface area contributed by atoms with Crippen LogP contribution < -0.4 is 43.3 Å². The van der Waals surface area contributed by atoms with Crippen LogP contribution in [0.3, 0.4) is 0 Å². The monoisotopic (exact) mass is 894 g/mol. The number of H-pyrrole nitrogens is 2. The van der Waals surface area contributed by atoms with E-state index < -0.39 is 76.1 Å². The summed E-state index contributed by atoms with van der Waals surface area (Å²) >= 11 is 0. The largest absolute Gasteiger partial charge is 0.368 e. The number of imidazole rings is 1. The average Bonchev–Trinajstić information content (AvgIpc) is 3.93. The number of hydrazine groups is 1. The Morgan fingerprint density at radius 1 is 0.841 bits per heavy atom. The number of para-hydroxylation sites is 1. The minimum absolute atomic E-state index is 0.00285. The molecule has 0 bridgehead atoms. The number of nitrogens with one attached hydrogen (secondary N) is 7. The fourth-order valence-electron chi connectivity index (χ4n) is 7.41. The first kappa shape index (κ1) is 48.3. The lowest BCUT2D eigenvalue weighted by molar-refractivity contribution is -0.133. The van der Waals surface area contributed by atoms with Gasteiger partial charge in [-0.15, -0.1) is 4.41 Å². The summed E-state index contributed by atoms with van der Waals surface area (Å²) < 4.78 is 46.0. The van der Waals surface area contributed by atoms with Crippen LogP contribution in [0.15, 0.2) is 73.3 Å². The SMILES string of the molecule is C[C@H](NC(=O)[C@@H](Cc1c[nH]c2ccccc12)NC(=O)[C@@H](N)Cc1cnc[nH]1)C(=O)NN(CC1CCC(F)CC1)S(=O)(=O)N[C@H](Cc1ccccc1)C(=O)N[C@@H](CCCCN)C(N)=O. The van der Waals surface area contributed by atoms with Crippen LogP contribution in [0, 0.1) is 5.92 Å².